The van der Waals surface area contributed by atoms with Gasteiger partial charge in [-0.3, -0.25) is 4.79 Å². The van der Waals surface area contributed by atoms with Crippen molar-refractivity contribution in [2.45, 2.75) is 18.9 Å². The molecule has 1 aliphatic rings. The van der Waals surface area contributed by atoms with Crippen LogP contribution in [0.3, 0.4) is 0 Å². The molecule has 4 heterocycles. The van der Waals surface area contributed by atoms with Gasteiger partial charge in [0, 0.05) is 31.8 Å². The first-order valence-electron chi connectivity index (χ1n) is 11.4. The van der Waals surface area contributed by atoms with Crippen molar-refractivity contribution in [1.29, 1.82) is 0 Å². The molecule has 1 fully saturated rings. The first-order valence-corrected chi connectivity index (χ1v) is 11.4. The molecule has 1 saturated heterocycles. The van der Waals surface area contributed by atoms with Crippen molar-refractivity contribution in [1.82, 2.24) is 24.8 Å². The third-order valence-corrected chi connectivity index (χ3v) is 6.13. The van der Waals surface area contributed by atoms with Crippen LogP contribution in [0.25, 0.3) is 16.8 Å². The summed E-state index contributed by atoms with van der Waals surface area (Å²) in [5, 5.41) is 5.96. The largest absolute Gasteiger partial charge is 0.493 e. The fourth-order valence-electron chi connectivity index (χ4n) is 4.38. The molecular formula is C24H27N7O5. The summed E-state index contributed by atoms with van der Waals surface area (Å²) in [7, 11) is 6.33. The van der Waals surface area contributed by atoms with E-state index in [4.69, 9.17) is 23.6 Å². The first kappa shape index (κ1) is 23.3. The van der Waals surface area contributed by atoms with E-state index in [0.717, 1.165) is 18.5 Å². The van der Waals surface area contributed by atoms with E-state index in [0.29, 0.717) is 52.5 Å². The van der Waals surface area contributed by atoms with Gasteiger partial charge in [-0.15, -0.1) is 0 Å². The number of carbonyl (C=O) groups excluding carboxylic acids is 1. The van der Waals surface area contributed by atoms with E-state index >= 15 is 0 Å². The number of amides is 1. The molecule has 0 aliphatic carbocycles. The van der Waals surface area contributed by atoms with Gasteiger partial charge in [-0.1, -0.05) is 0 Å². The Morgan fingerprint density at radius 3 is 2.61 bits per heavy atom. The zero-order valence-corrected chi connectivity index (χ0v) is 20.4. The van der Waals surface area contributed by atoms with E-state index in [1.165, 1.54) is 0 Å². The van der Waals surface area contributed by atoms with Crippen LogP contribution < -0.4 is 29.7 Å². The third kappa shape index (κ3) is 4.10. The summed E-state index contributed by atoms with van der Waals surface area (Å²) in [5.41, 5.74) is 1.90. The number of nitrogens with one attached hydrogen (secondary N) is 2. The Morgan fingerprint density at radius 1 is 1.14 bits per heavy atom. The maximum atomic E-state index is 12.4. The molecule has 0 bridgehead atoms. The number of hydrogen-bond acceptors (Lipinski definition) is 10. The van der Waals surface area contributed by atoms with Crippen LogP contribution in [-0.2, 0) is 4.79 Å². The van der Waals surface area contributed by atoms with Gasteiger partial charge in [0.1, 0.15) is 23.7 Å². The predicted molar refractivity (Wildman–Crippen MR) is 133 cm³/mol. The van der Waals surface area contributed by atoms with Gasteiger partial charge < -0.3 is 38.7 Å². The number of anilines is 3. The molecule has 0 saturated carbocycles. The minimum absolute atomic E-state index is 0.0537. The lowest BCUT2D eigenvalue weighted by Gasteiger charge is -2.23. The van der Waals surface area contributed by atoms with Crippen LogP contribution in [0.2, 0.25) is 0 Å². The highest BCUT2D eigenvalue weighted by Crippen LogP contribution is 2.39. The molecular weight excluding hydrogens is 466 g/mol. The van der Waals surface area contributed by atoms with E-state index in [1.54, 1.807) is 53.2 Å². The summed E-state index contributed by atoms with van der Waals surface area (Å²) in [6.07, 6.45) is 6.65. The number of likely N-dealkylation sites (N-methyl/N-ethyl adjacent to an activating group) is 1. The summed E-state index contributed by atoms with van der Waals surface area (Å²) in [4.78, 5) is 28.1. The van der Waals surface area contributed by atoms with Crippen LogP contribution in [0.15, 0.2) is 41.4 Å². The predicted octanol–water partition coefficient (Wildman–Crippen LogP) is 2.89. The van der Waals surface area contributed by atoms with Gasteiger partial charge in [-0.25, -0.2) is 9.97 Å². The second-order valence-corrected chi connectivity index (χ2v) is 8.15. The van der Waals surface area contributed by atoms with Crippen LogP contribution in [0.1, 0.15) is 12.8 Å². The van der Waals surface area contributed by atoms with Crippen molar-refractivity contribution in [2.75, 3.05) is 45.1 Å². The van der Waals surface area contributed by atoms with Crippen molar-refractivity contribution >= 4 is 34.6 Å². The van der Waals surface area contributed by atoms with E-state index in [1.807, 2.05) is 21.6 Å². The Labute approximate surface area is 207 Å². The molecule has 3 aromatic heterocycles. The number of rotatable bonds is 8. The lowest BCUT2D eigenvalue weighted by Crippen LogP contribution is -2.42. The Balaban J connectivity index is 1.47. The van der Waals surface area contributed by atoms with Crippen LogP contribution in [-0.4, -0.2) is 66.4 Å². The number of imidazole rings is 1. The molecule has 36 heavy (non-hydrogen) atoms. The summed E-state index contributed by atoms with van der Waals surface area (Å²) < 4.78 is 23.8. The van der Waals surface area contributed by atoms with Gasteiger partial charge in [0.15, 0.2) is 22.9 Å². The number of ether oxygens (including phenoxy) is 3. The Kier molecular flexibility index (Phi) is 6.23. The first-order chi connectivity index (χ1) is 17.6. The minimum atomic E-state index is -0.313. The lowest BCUT2D eigenvalue weighted by molar-refractivity contribution is -0.121. The van der Waals surface area contributed by atoms with Crippen LogP contribution >= 0.6 is 0 Å². The van der Waals surface area contributed by atoms with Gasteiger partial charge in [-0.05, 0) is 12.8 Å². The van der Waals surface area contributed by atoms with Crippen molar-refractivity contribution in [2.24, 2.45) is 0 Å². The van der Waals surface area contributed by atoms with E-state index in [2.05, 4.69) is 20.6 Å². The van der Waals surface area contributed by atoms with Crippen molar-refractivity contribution in [3.05, 3.63) is 37.0 Å². The zero-order valence-electron chi connectivity index (χ0n) is 20.4. The minimum Gasteiger partial charge on any atom is -0.493 e. The number of carbonyl (C=O) groups is 1. The molecule has 1 atom stereocenters. The fraction of sp³-hybridized carbons (Fsp3) is 0.333. The number of fused-ring (bicyclic) bond motifs is 1. The SMILES string of the molecule is CNC(=O)C1CCCN1c1nc(Nc2cn(-c3cc(OC)c(OC)c(OC)c3)cn2)c2occc2n1. The smallest absolute Gasteiger partial charge is 0.242 e. The topological polar surface area (TPSA) is 129 Å². The second kappa shape index (κ2) is 9.64. The van der Waals surface area contributed by atoms with E-state index in [9.17, 15) is 4.79 Å². The monoisotopic (exact) mass is 493 g/mol. The highest BCUT2D eigenvalue weighted by atomic mass is 16.5. The van der Waals surface area contributed by atoms with Gasteiger partial charge >= 0.3 is 0 Å². The Bertz CT molecular complexity index is 1370. The highest BCUT2D eigenvalue weighted by Gasteiger charge is 2.32. The van der Waals surface area contributed by atoms with Crippen molar-refractivity contribution in [3.63, 3.8) is 0 Å². The number of methoxy groups -OCH3 is 3. The summed E-state index contributed by atoms with van der Waals surface area (Å²) >= 11 is 0. The lowest BCUT2D eigenvalue weighted by atomic mass is 10.2. The molecule has 5 rings (SSSR count). The molecule has 4 aromatic rings. The zero-order chi connectivity index (χ0) is 25.2. The highest BCUT2D eigenvalue weighted by molar-refractivity contribution is 5.88. The van der Waals surface area contributed by atoms with Gasteiger partial charge in [0.25, 0.3) is 0 Å². The molecule has 1 aliphatic heterocycles. The van der Waals surface area contributed by atoms with Gasteiger partial charge in [0.05, 0.1) is 39.5 Å². The van der Waals surface area contributed by atoms with E-state index < -0.39 is 0 Å². The maximum Gasteiger partial charge on any atom is 0.242 e. The van der Waals surface area contributed by atoms with Crippen LogP contribution in [0, 0.1) is 0 Å². The quantitative estimate of drug-likeness (QED) is 0.378. The average Bonchev–Trinajstić information content (AvgIpc) is 3.68. The van der Waals surface area contributed by atoms with Gasteiger partial charge in [0.2, 0.25) is 17.6 Å². The van der Waals surface area contributed by atoms with Crippen LogP contribution in [0.5, 0.6) is 17.2 Å². The normalized spacial score (nSPS) is 15.2. The standard InChI is InChI=1S/C24H27N7O5/c1-25-23(32)16-6-5-8-31(16)24-27-15-7-9-36-20(15)22(29-24)28-19-12-30(13-26-19)14-10-17(33-2)21(35-4)18(11-14)34-3/h7,9-13,16H,5-6,8H2,1-4H3,(H,25,32)(H,27,28,29). The van der Waals surface area contributed by atoms with Crippen LogP contribution in [0.4, 0.5) is 17.6 Å². The molecule has 0 spiro atoms. The molecule has 1 amide bonds. The second-order valence-electron chi connectivity index (χ2n) is 8.15. The fourth-order valence-corrected chi connectivity index (χ4v) is 4.38. The Hall–Kier alpha value is -4.48. The number of furan rings is 1. The van der Waals surface area contributed by atoms with Crippen molar-refractivity contribution in [3.8, 4) is 22.9 Å². The Morgan fingerprint density at radius 2 is 1.92 bits per heavy atom. The number of hydrogen-bond donors (Lipinski definition) is 2. The van der Waals surface area contributed by atoms with Gasteiger partial charge in [-0.2, -0.15) is 4.98 Å². The van der Waals surface area contributed by atoms with E-state index in [-0.39, 0.29) is 11.9 Å². The molecule has 12 heteroatoms. The maximum absolute atomic E-state index is 12.4. The molecule has 12 nitrogen and oxygen atoms in total. The van der Waals surface area contributed by atoms with Crippen molar-refractivity contribution < 1.29 is 23.4 Å². The molecule has 1 aromatic carbocycles. The number of aromatic nitrogens is 4. The summed E-state index contributed by atoms with van der Waals surface area (Å²) in [6.45, 7) is 0.691. The molecule has 1 unspecified atom stereocenters. The summed E-state index contributed by atoms with van der Waals surface area (Å²) in [5.74, 6) is 2.97. The number of nitrogens with zero attached hydrogens (tertiary/aromatic N) is 5. The third-order valence-electron chi connectivity index (χ3n) is 6.13. The summed E-state index contributed by atoms with van der Waals surface area (Å²) in [6, 6.07) is 5.11. The number of benzene rings is 1. The molecule has 188 valence electrons. The molecule has 2 N–H and O–H groups in total. The molecule has 0 radical (unpaired) electrons. The average molecular weight is 494 g/mol.